The van der Waals surface area contributed by atoms with Gasteiger partial charge < -0.3 is 43.4 Å². The van der Waals surface area contributed by atoms with Gasteiger partial charge in [0.15, 0.2) is 0 Å². The Morgan fingerprint density at radius 3 is 1.61 bits per heavy atom. The Labute approximate surface area is 180 Å². The molecule has 13 nitrogen and oxygen atoms in total. The molecule has 3 atom stereocenters. The van der Waals surface area contributed by atoms with Gasteiger partial charge in [-0.3, -0.25) is 19.2 Å². The van der Waals surface area contributed by atoms with Crippen LogP contribution in [0.1, 0.15) is 44.9 Å². The second-order valence-electron chi connectivity index (χ2n) is 6.95. The monoisotopic (exact) mass is 446 g/mol. The van der Waals surface area contributed by atoms with Gasteiger partial charge in [-0.05, 0) is 51.6 Å². The number of carboxylic acids is 2. The van der Waals surface area contributed by atoms with Gasteiger partial charge in [0, 0.05) is 0 Å². The molecule has 3 amide bonds. The zero-order chi connectivity index (χ0) is 23.8. The molecule has 0 spiro atoms. The Morgan fingerprint density at radius 2 is 1.16 bits per heavy atom. The molecule has 0 aromatic heterocycles. The summed E-state index contributed by atoms with van der Waals surface area (Å²) < 4.78 is 0. The van der Waals surface area contributed by atoms with Gasteiger partial charge in [0.1, 0.15) is 18.1 Å². The van der Waals surface area contributed by atoms with Crippen molar-refractivity contribution >= 4 is 29.7 Å². The van der Waals surface area contributed by atoms with Gasteiger partial charge in [0.05, 0.1) is 13.0 Å². The highest BCUT2D eigenvalue weighted by atomic mass is 16.4. The number of nitrogens with one attached hydrogen (secondary N) is 3. The van der Waals surface area contributed by atoms with Crippen LogP contribution in [0.5, 0.6) is 0 Å². The number of aliphatic carboxylic acids is 2. The molecule has 0 bridgehead atoms. The molecule has 0 aromatic carbocycles. The van der Waals surface area contributed by atoms with E-state index >= 15 is 0 Å². The van der Waals surface area contributed by atoms with Crippen LogP contribution in [0.2, 0.25) is 0 Å². The van der Waals surface area contributed by atoms with Gasteiger partial charge >= 0.3 is 11.9 Å². The molecule has 178 valence electrons. The number of hydrogen-bond acceptors (Lipinski definition) is 8. The van der Waals surface area contributed by atoms with Crippen molar-refractivity contribution in [2.24, 2.45) is 17.2 Å². The number of carbonyl (C=O) groups excluding carboxylic acids is 3. The van der Waals surface area contributed by atoms with Crippen LogP contribution in [0.3, 0.4) is 0 Å². The number of carbonyl (C=O) groups is 5. The molecule has 0 saturated heterocycles. The van der Waals surface area contributed by atoms with E-state index in [2.05, 4.69) is 16.0 Å². The van der Waals surface area contributed by atoms with Crippen molar-refractivity contribution in [2.75, 3.05) is 19.6 Å². The average Bonchev–Trinajstić information content (AvgIpc) is 2.71. The number of carboxylic acid groups (broad SMARTS) is 2. The second kappa shape index (κ2) is 16.0. The van der Waals surface area contributed by atoms with Crippen molar-refractivity contribution in [2.45, 2.75) is 63.1 Å². The van der Waals surface area contributed by atoms with E-state index in [0.29, 0.717) is 38.8 Å². The summed E-state index contributed by atoms with van der Waals surface area (Å²) in [6.07, 6.45) is 1.61. The first-order valence-corrected chi connectivity index (χ1v) is 10.1. The van der Waals surface area contributed by atoms with Gasteiger partial charge in [-0.1, -0.05) is 0 Å². The summed E-state index contributed by atoms with van der Waals surface area (Å²) in [5.41, 5.74) is 16.1. The van der Waals surface area contributed by atoms with Crippen LogP contribution >= 0.6 is 0 Å². The number of rotatable bonds is 17. The minimum atomic E-state index is -1.53. The van der Waals surface area contributed by atoms with E-state index in [0.717, 1.165) is 0 Å². The minimum absolute atomic E-state index is 0.0975. The molecule has 0 aliphatic rings. The summed E-state index contributed by atoms with van der Waals surface area (Å²) in [4.78, 5) is 59.3. The standard InChI is InChI=1S/C18H34N6O7/c19-7-3-1-5-11(22-14(25)10-21)16(28)24-13(9-15(26)27)17(29)23-12(18(30)31)6-2-4-8-20/h11-13H,1-10,19-21H2,(H,22,25)(H,23,29)(H,24,28)(H,26,27)(H,30,31). The first kappa shape index (κ1) is 28.2. The fourth-order valence-corrected chi connectivity index (χ4v) is 2.69. The molecule has 0 rings (SSSR count). The Morgan fingerprint density at radius 1 is 0.677 bits per heavy atom. The molecule has 0 radical (unpaired) electrons. The maximum atomic E-state index is 12.6. The molecule has 0 heterocycles. The summed E-state index contributed by atoms with van der Waals surface area (Å²) in [6.45, 7) is 0.380. The van der Waals surface area contributed by atoms with Crippen molar-refractivity contribution in [1.29, 1.82) is 0 Å². The third kappa shape index (κ3) is 12.5. The normalized spacial score (nSPS) is 13.5. The van der Waals surface area contributed by atoms with Crippen molar-refractivity contribution in [3.63, 3.8) is 0 Å². The highest BCUT2D eigenvalue weighted by molar-refractivity contribution is 5.95. The van der Waals surface area contributed by atoms with E-state index < -0.39 is 54.2 Å². The molecular weight excluding hydrogens is 412 g/mol. The molecule has 0 aliphatic carbocycles. The van der Waals surface area contributed by atoms with Crippen molar-refractivity contribution in [3.8, 4) is 0 Å². The van der Waals surface area contributed by atoms with Crippen LogP contribution in [-0.2, 0) is 24.0 Å². The largest absolute Gasteiger partial charge is 0.481 e. The molecule has 0 aliphatic heterocycles. The quantitative estimate of drug-likeness (QED) is 0.107. The lowest BCUT2D eigenvalue weighted by atomic mass is 10.1. The summed E-state index contributed by atoms with van der Waals surface area (Å²) >= 11 is 0. The van der Waals surface area contributed by atoms with Crippen LogP contribution in [-0.4, -0.2) is 77.6 Å². The summed E-state index contributed by atoms with van der Waals surface area (Å²) in [5, 5.41) is 25.3. The lowest BCUT2D eigenvalue weighted by Crippen LogP contribution is -2.56. The topological polar surface area (TPSA) is 240 Å². The van der Waals surface area contributed by atoms with Gasteiger partial charge in [-0.15, -0.1) is 0 Å². The van der Waals surface area contributed by atoms with Crippen molar-refractivity contribution < 1.29 is 34.2 Å². The predicted molar refractivity (Wildman–Crippen MR) is 111 cm³/mol. The molecule has 11 N–H and O–H groups in total. The van der Waals surface area contributed by atoms with Crippen LogP contribution in [0.4, 0.5) is 0 Å². The van der Waals surface area contributed by atoms with Crippen LogP contribution in [0.25, 0.3) is 0 Å². The van der Waals surface area contributed by atoms with Gasteiger partial charge in [-0.2, -0.15) is 0 Å². The Balaban J connectivity index is 5.28. The first-order valence-electron chi connectivity index (χ1n) is 10.1. The van der Waals surface area contributed by atoms with Crippen molar-refractivity contribution in [3.05, 3.63) is 0 Å². The maximum Gasteiger partial charge on any atom is 0.326 e. The molecule has 3 unspecified atom stereocenters. The molecular formula is C18H34N6O7. The Bertz CT molecular complexity index is 616. The van der Waals surface area contributed by atoms with Gasteiger partial charge in [0.2, 0.25) is 17.7 Å². The SMILES string of the molecule is NCCCCC(NC(=O)C(CC(=O)O)NC(=O)C(CCCCN)NC(=O)CN)C(=O)O. The van der Waals surface area contributed by atoms with E-state index in [1.165, 1.54) is 0 Å². The Kier molecular flexibility index (Phi) is 14.6. The number of unbranched alkanes of at least 4 members (excludes halogenated alkanes) is 2. The predicted octanol–water partition coefficient (Wildman–Crippen LogP) is -2.78. The minimum Gasteiger partial charge on any atom is -0.481 e. The molecule has 0 saturated carbocycles. The zero-order valence-corrected chi connectivity index (χ0v) is 17.5. The molecule has 0 aromatic rings. The van der Waals surface area contributed by atoms with E-state index in [-0.39, 0.29) is 19.4 Å². The third-order valence-electron chi connectivity index (χ3n) is 4.36. The van der Waals surface area contributed by atoms with E-state index in [4.69, 9.17) is 22.3 Å². The fourth-order valence-electron chi connectivity index (χ4n) is 2.69. The summed E-state index contributed by atoms with van der Waals surface area (Å²) in [5.74, 6) is -5.00. The highest BCUT2D eigenvalue weighted by Gasteiger charge is 2.30. The van der Waals surface area contributed by atoms with Gasteiger partial charge in [0.25, 0.3) is 0 Å². The Hall–Kier alpha value is -2.77. The van der Waals surface area contributed by atoms with Crippen LogP contribution < -0.4 is 33.2 Å². The molecule has 31 heavy (non-hydrogen) atoms. The highest BCUT2D eigenvalue weighted by Crippen LogP contribution is 2.05. The third-order valence-corrected chi connectivity index (χ3v) is 4.36. The molecule has 13 heteroatoms. The summed E-state index contributed by atoms with van der Waals surface area (Å²) in [7, 11) is 0. The smallest absolute Gasteiger partial charge is 0.326 e. The number of amides is 3. The lowest BCUT2D eigenvalue weighted by Gasteiger charge is -2.23. The average molecular weight is 447 g/mol. The fraction of sp³-hybridized carbons (Fsp3) is 0.722. The second-order valence-corrected chi connectivity index (χ2v) is 6.95. The van der Waals surface area contributed by atoms with E-state index in [9.17, 15) is 29.1 Å². The van der Waals surface area contributed by atoms with Crippen LogP contribution in [0.15, 0.2) is 0 Å². The summed E-state index contributed by atoms with van der Waals surface area (Å²) in [6, 6.07) is -3.84. The van der Waals surface area contributed by atoms with Crippen LogP contribution in [0, 0.1) is 0 Å². The van der Waals surface area contributed by atoms with Gasteiger partial charge in [-0.25, -0.2) is 4.79 Å². The molecule has 0 fully saturated rings. The lowest BCUT2D eigenvalue weighted by molar-refractivity contribution is -0.143. The van der Waals surface area contributed by atoms with Crippen molar-refractivity contribution in [1.82, 2.24) is 16.0 Å². The zero-order valence-electron chi connectivity index (χ0n) is 17.5. The van der Waals surface area contributed by atoms with E-state index in [1.807, 2.05) is 0 Å². The maximum absolute atomic E-state index is 12.6. The number of hydrogen-bond donors (Lipinski definition) is 8. The first-order chi connectivity index (χ1) is 14.7. The number of nitrogens with two attached hydrogens (primary N) is 3. The van der Waals surface area contributed by atoms with E-state index in [1.54, 1.807) is 0 Å².